The third-order valence-corrected chi connectivity index (χ3v) is 5.00. The van der Waals surface area contributed by atoms with Crippen LogP contribution in [0.15, 0.2) is 54.9 Å². The molecule has 1 fully saturated rings. The average molecular weight is 335 g/mol. The molecule has 1 saturated heterocycles. The van der Waals surface area contributed by atoms with Gasteiger partial charge in [-0.05, 0) is 49.6 Å². The van der Waals surface area contributed by atoms with Gasteiger partial charge in [0, 0.05) is 25.5 Å². The number of pyridine rings is 1. The van der Waals surface area contributed by atoms with Crippen molar-refractivity contribution in [3.63, 3.8) is 0 Å². The van der Waals surface area contributed by atoms with Crippen LogP contribution in [0.5, 0.6) is 0 Å². The highest BCUT2D eigenvalue weighted by atomic mass is 16.5. The van der Waals surface area contributed by atoms with Gasteiger partial charge in [-0.3, -0.25) is 4.90 Å². The van der Waals surface area contributed by atoms with Crippen LogP contribution in [0.25, 0.3) is 5.65 Å². The number of hydrogen-bond donors (Lipinski definition) is 0. The highest BCUT2D eigenvalue weighted by Gasteiger charge is 2.21. The molecule has 3 aromatic rings. The van der Waals surface area contributed by atoms with Crippen LogP contribution in [0.3, 0.4) is 0 Å². The number of nitrogens with zero attached hydrogens (tertiary/aromatic N) is 3. The molecule has 4 nitrogen and oxygen atoms in total. The van der Waals surface area contributed by atoms with Gasteiger partial charge in [0.25, 0.3) is 0 Å². The van der Waals surface area contributed by atoms with E-state index in [9.17, 15) is 0 Å². The zero-order valence-electron chi connectivity index (χ0n) is 14.8. The largest absolute Gasteiger partial charge is 0.372 e. The van der Waals surface area contributed by atoms with E-state index in [0.29, 0.717) is 12.7 Å². The third-order valence-electron chi connectivity index (χ3n) is 5.00. The predicted octanol–water partition coefficient (Wildman–Crippen LogP) is 3.82. The van der Waals surface area contributed by atoms with Crippen LogP contribution in [0, 0.1) is 6.92 Å². The molecule has 4 rings (SSSR count). The fraction of sp³-hybridized carbons (Fsp3) is 0.381. The average Bonchev–Trinajstić information content (AvgIpc) is 3.03. The minimum absolute atomic E-state index is 0.311. The van der Waals surface area contributed by atoms with Crippen molar-refractivity contribution in [1.29, 1.82) is 0 Å². The normalized spacial score (nSPS) is 18.7. The van der Waals surface area contributed by atoms with E-state index in [1.807, 2.05) is 18.2 Å². The van der Waals surface area contributed by atoms with Crippen molar-refractivity contribution in [2.75, 3.05) is 13.1 Å². The van der Waals surface area contributed by atoms with Gasteiger partial charge < -0.3 is 9.14 Å². The first-order valence-corrected chi connectivity index (χ1v) is 9.09. The van der Waals surface area contributed by atoms with Gasteiger partial charge in [0.2, 0.25) is 0 Å². The van der Waals surface area contributed by atoms with Crippen LogP contribution in [0.1, 0.15) is 29.7 Å². The number of fused-ring (bicyclic) bond motifs is 1. The Bertz CT molecular complexity index is 809. The molecule has 3 heterocycles. The Morgan fingerprint density at radius 2 is 2.04 bits per heavy atom. The van der Waals surface area contributed by atoms with Crippen molar-refractivity contribution in [3.05, 3.63) is 71.7 Å². The zero-order chi connectivity index (χ0) is 17.1. The number of hydrogen-bond acceptors (Lipinski definition) is 3. The second-order valence-electron chi connectivity index (χ2n) is 6.94. The van der Waals surface area contributed by atoms with Crippen LogP contribution in [-0.4, -0.2) is 33.5 Å². The van der Waals surface area contributed by atoms with E-state index in [1.165, 1.54) is 17.5 Å². The summed E-state index contributed by atoms with van der Waals surface area (Å²) in [6.07, 6.45) is 6.83. The highest BCUT2D eigenvalue weighted by Crippen LogP contribution is 2.18. The first-order chi connectivity index (χ1) is 12.3. The van der Waals surface area contributed by atoms with Gasteiger partial charge in [0.1, 0.15) is 5.65 Å². The first-order valence-electron chi connectivity index (χ1n) is 9.09. The molecule has 130 valence electrons. The van der Waals surface area contributed by atoms with Crippen molar-refractivity contribution >= 4 is 5.65 Å². The lowest BCUT2D eigenvalue weighted by molar-refractivity contribution is -0.0124. The molecule has 25 heavy (non-hydrogen) atoms. The predicted molar refractivity (Wildman–Crippen MR) is 99.5 cm³/mol. The maximum atomic E-state index is 6.21. The molecular formula is C21H25N3O. The molecule has 0 aliphatic carbocycles. The summed E-state index contributed by atoms with van der Waals surface area (Å²) in [7, 11) is 0. The maximum Gasteiger partial charge on any atom is 0.137 e. The number of imidazole rings is 1. The Hall–Kier alpha value is -2.17. The standard InChI is InChI=1S/C21H25N3O/c1-17-7-2-3-8-18(17)16-25-20-9-6-11-23(15-20)13-19-14-24-12-5-4-10-21(24)22-19/h2-5,7-8,10,12,14,20H,6,9,11,13,15-16H2,1H3/t20-/m0/s1. The van der Waals surface area contributed by atoms with Crippen molar-refractivity contribution in [2.45, 2.75) is 39.0 Å². The van der Waals surface area contributed by atoms with Gasteiger partial charge in [-0.25, -0.2) is 4.98 Å². The summed E-state index contributed by atoms with van der Waals surface area (Å²) in [4.78, 5) is 7.18. The van der Waals surface area contributed by atoms with E-state index in [1.54, 1.807) is 0 Å². The van der Waals surface area contributed by atoms with Gasteiger partial charge in [-0.2, -0.15) is 0 Å². The topological polar surface area (TPSA) is 29.8 Å². The van der Waals surface area contributed by atoms with Crippen LogP contribution < -0.4 is 0 Å². The van der Waals surface area contributed by atoms with Crippen LogP contribution in [0.4, 0.5) is 0 Å². The van der Waals surface area contributed by atoms with Crippen LogP contribution in [-0.2, 0) is 17.9 Å². The Balaban J connectivity index is 1.35. The molecule has 0 spiro atoms. The minimum atomic E-state index is 0.311. The zero-order valence-corrected chi connectivity index (χ0v) is 14.8. The third kappa shape index (κ3) is 3.91. The maximum absolute atomic E-state index is 6.21. The first kappa shape index (κ1) is 16.3. The number of benzene rings is 1. The van der Waals surface area contributed by atoms with Crippen molar-refractivity contribution in [2.24, 2.45) is 0 Å². The molecule has 1 aliphatic rings. The van der Waals surface area contributed by atoms with Gasteiger partial charge in [0.05, 0.1) is 18.4 Å². The van der Waals surface area contributed by atoms with Gasteiger partial charge in [0.15, 0.2) is 0 Å². The Morgan fingerprint density at radius 1 is 1.16 bits per heavy atom. The molecular weight excluding hydrogens is 310 g/mol. The van der Waals surface area contributed by atoms with Crippen molar-refractivity contribution in [1.82, 2.24) is 14.3 Å². The van der Waals surface area contributed by atoms with Gasteiger partial charge in [-0.15, -0.1) is 0 Å². The summed E-state index contributed by atoms with van der Waals surface area (Å²) in [5, 5.41) is 0. The molecule has 1 aliphatic heterocycles. The van der Waals surface area contributed by atoms with Crippen molar-refractivity contribution in [3.8, 4) is 0 Å². The summed E-state index contributed by atoms with van der Waals surface area (Å²) in [6.45, 7) is 5.86. The number of aromatic nitrogens is 2. The number of likely N-dealkylation sites (tertiary alicyclic amines) is 1. The molecule has 0 unspecified atom stereocenters. The summed E-state index contributed by atoms with van der Waals surface area (Å²) in [5.41, 5.74) is 4.74. The monoisotopic (exact) mass is 335 g/mol. The SMILES string of the molecule is Cc1ccccc1CO[C@H]1CCCN(Cc2cn3ccccc3n2)C1. The van der Waals surface area contributed by atoms with Gasteiger partial charge in [-0.1, -0.05) is 30.3 Å². The molecule has 0 saturated carbocycles. The molecule has 1 atom stereocenters. The molecule has 0 radical (unpaired) electrons. The fourth-order valence-corrected chi connectivity index (χ4v) is 3.56. The van der Waals surface area contributed by atoms with E-state index in [-0.39, 0.29) is 0 Å². The van der Waals surface area contributed by atoms with E-state index < -0.39 is 0 Å². The number of rotatable bonds is 5. The molecule has 2 aromatic heterocycles. The van der Waals surface area contributed by atoms with E-state index in [0.717, 1.165) is 37.4 Å². The highest BCUT2D eigenvalue weighted by molar-refractivity contribution is 5.39. The molecule has 0 bridgehead atoms. The van der Waals surface area contributed by atoms with E-state index in [4.69, 9.17) is 9.72 Å². The minimum Gasteiger partial charge on any atom is -0.372 e. The summed E-state index contributed by atoms with van der Waals surface area (Å²) in [6, 6.07) is 14.6. The second-order valence-corrected chi connectivity index (χ2v) is 6.94. The fourth-order valence-electron chi connectivity index (χ4n) is 3.56. The molecule has 0 amide bonds. The van der Waals surface area contributed by atoms with Crippen LogP contribution >= 0.6 is 0 Å². The summed E-state index contributed by atoms with van der Waals surface area (Å²) in [5.74, 6) is 0. The number of piperidine rings is 1. The van der Waals surface area contributed by atoms with Gasteiger partial charge >= 0.3 is 0 Å². The Kier molecular flexibility index (Phi) is 4.81. The number of aryl methyl sites for hydroxylation is 1. The summed E-state index contributed by atoms with van der Waals surface area (Å²) < 4.78 is 8.30. The lowest BCUT2D eigenvalue weighted by Gasteiger charge is -2.32. The number of ether oxygens (including phenoxy) is 1. The molecule has 1 aromatic carbocycles. The van der Waals surface area contributed by atoms with E-state index in [2.05, 4.69) is 52.9 Å². The Labute approximate surface area is 149 Å². The lowest BCUT2D eigenvalue weighted by Crippen LogP contribution is -2.39. The smallest absolute Gasteiger partial charge is 0.137 e. The molecule has 0 N–H and O–H groups in total. The molecule has 4 heteroatoms. The van der Waals surface area contributed by atoms with Crippen LogP contribution in [0.2, 0.25) is 0 Å². The lowest BCUT2D eigenvalue weighted by atomic mass is 10.1. The summed E-state index contributed by atoms with van der Waals surface area (Å²) >= 11 is 0. The second kappa shape index (κ2) is 7.38. The van der Waals surface area contributed by atoms with Crippen molar-refractivity contribution < 1.29 is 4.74 Å². The Morgan fingerprint density at radius 3 is 2.92 bits per heavy atom. The van der Waals surface area contributed by atoms with E-state index >= 15 is 0 Å². The quantitative estimate of drug-likeness (QED) is 0.710.